The summed E-state index contributed by atoms with van der Waals surface area (Å²) in [6, 6.07) is 57.2. The molecule has 0 fully saturated rings. The summed E-state index contributed by atoms with van der Waals surface area (Å²) in [6.45, 7) is 1.48. The summed E-state index contributed by atoms with van der Waals surface area (Å²) in [5.41, 5.74) is 16.7. The van der Waals surface area contributed by atoms with E-state index in [1.54, 1.807) is 79.1 Å². The van der Waals surface area contributed by atoms with E-state index in [1.807, 2.05) is 130 Å². The van der Waals surface area contributed by atoms with E-state index in [2.05, 4.69) is 98.1 Å². The van der Waals surface area contributed by atoms with Crippen molar-refractivity contribution in [1.29, 1.82) is 0 Å². The van der Waals surface area contributed by atoms with E-state index in [0.29, 0.717) is 74.0 Å². The molecule has 8 N–H and O–H groups in total. The number of anilines is 8. The van der Waals surface area contributed by atoms with E-state index < -0.39 is 34.3 Å². The Morgan fingerprint density at radius 2 is 0.961 bits per heavy atom. The summed E-state index contributed by atoms with van der Waals surface area (Å²) in [5, 5.41) is 17.4. The summed E-state index contributed by atoms with van der Waals surface area (Å²) in [4.78, 5) is 77.5. The predicted molar refractivity (Wildman–Crippen MR) is 399 cm³/mol. The molecule has 30 heteroatoms. The highest BCUT2D eigenvalue weighted by atomic mass is 35.5. The Hall–Kier alpha value is -11.5. The number of nitrogens with zero attached hydrogens (tertiary/aromatic N) is 9. The van der Waals surface area contributed by atoms with Crippen LogP contribution in [0.1, 0.15) is 21.0 Å². The van der Waals surface area contributed by atoms with Crippen LogP contribution in [0, 0.1) is 0 Å². The van der Waals surface area contributed by atoms with Crippen molar-refractivity contribution >= 4 is 149 Å². The lowest BCUT2D eigenvalue weighted by atomic mass is 10.1. The average molecular weight is 1490 g/mol. The Balaban J connectivity index is 0.000000239. The van der Waals surface area contributed by atoms with Crippen molar-refractivity contribution in [3.05, 3.63) is 265 Å². The van der Waals surface area contributed by atoms with Gasteiger partial charge in [0, 0.05) is 81.0 Å². The lowest BCUT2D eigenvalue weighted by Crippen LogP contribution is -3.05. The Morgan fingerprint density at radius 3 is 1.38 bits per heavy atom. The Kier molecular flexibility index (Phi) is 30.1. The van der Waals surface area contributed by atoms with Gasteiger partial charge in [-0.05, 0) is 135 Å². The van der Waals surface area contributed by atoms with Crippen molar-refractivity contribution in [2.75, 3.05) is 73.6 Å². The van der Waals surface area contributed by atoms with Crippen LogP contribution in [0.3, 0.4) is 0 Å². The fraction of sp³-hybridized carbons (Fsp3) is 0.0833. The maximum Gasteiger partial charge on any atom is 0.335 e. The van der Waals surface area contributed by atoms with Crippen LogP contribution in [0.2, 0.25) is 10.0 Å². The molecule has 0 unspecified atom stereocenters. The van der Waals surface area contributed by atoms with Crippen LogP contribution in [0.5, 0.6) is 0 Å². The molecule has 102 heavy (non-hydrogen) atoms. The number of halogens is 4. The van der Waals surface area contributed by atoms with E-state index in [1.165, 1.54) is 29.4 Å². The number of hydrogen-bond acceptors (Lipinski definition) is 18. The van der Waals surface area contributed by atoms with Crippen LogP contribution in [0.4, 0.5) is 46.0 Å². The van der Waals surface area contributed by atoms with Gasteiger partial charge in [-0.1, -0.05) is 114 Å². The minimum absolute atomic E-state index is 0. The van der Waals surface area contributed by atoms with Crippen LogP contribution in [0.15, 0.2) is 243 Å². The molecule has 12 aromatic rings. The lowest BCUT2D eigenvalue weighted by molar-refractivity contribution is -0.851. The maximum atomic E-state index is 12.9. The molecule has 0 aliphatic carbocycles. The van der Waals surface area contributed by atoms with Crippen LogP contribution >= 0.6 is 34.8 Å². The molecule has 0 radical (unpaired) electrons. The number of nitrogens with two attached hydrogens (primary N) is 1. The van der Waals surface area contributed by atoms with E-state index in [-0.39, 0.29) is 35.6 Å². The molecular formula is C72H64Cl4N16O8S2. The van der Waals surface area contributed by atoms with Crippen molar-refractivity contribution in [2.45, 2.75) is 0 Å². The quantitative estimate of drug-likeness (QED) is 0.0293. The smallest absolute Gasteiger partial charge is 0.335 e. The number of allylic oxidation sites excluding steroid dienone is 1. The second-order valence-electron chi connectivity index (χ2n) is 21.9. The van der Waals surface area contributed by atoms with Gasteiger partial charge in [0.05, 0.1) is 89.3 Å². The van der Waals surface area contributed by atoms with Crippen LogP contribution in [-0.4, -0.2) is 125 Å². The fourth-order valence-electron chi connectivity index (χ4n) is 9.65. The molecule has 0 atom stereocenters. The van der Waals surface area contributed by atoms with Gasteiger partial charge in [-0.15, -0.1) is 0 Å². The zero-order valence-corrected chi connectivity index (χ0v) is 59.4. The second-order valence-corrected chi connectivity index (χ2v) is 23.4. The summed E-state index contributed by atoms with van der Waals surface area (Å²) >= 11 is 16.8. The van der Waals surface area contributed by atoms with Crippen LogP contribution in [0.25, 0.3) is 55.7 Å². The molecule has 6 aromatic heterocycles. The van der Waals surface area contributed by atoms with E-state index in [0.717, 1.165) is 50.9 Å². The number of nitrogen functional groups attached to an aromatic ring is 1. The van der Waals surface area contributed by atoms with E-state index >= 15 is 0 Å². The summed E-state index contributed by atoms with van der Waals surface area (Å²) < 4.78 is 37.4. The number of benzene rings is 6. The normalized spacial score (nSPS) is 10.6. The first-order chi connectivity index (χ1) is 48.8. The molecule has 0 saturated carbocycles. The number of aromatic nitrogens is 8. The summed E-state index contributed by atoms with van der Waals surface area (Å²) in [5.74, 6) is -0.293. The number of nitrogens with one attached hydrogen (secondary N) is 6. The Bertz CT molecular complexity index is 4970. The number of carbonyl (C=O) groups is 4. The zero-order valence-electron chi connectivity index (χ0n) is 54.7. The third kappa shape index (κ3) is 22.8. The molecule has 3 amide bonds. The van der Waals surface area contributed by atoms with Crippen molar-refractivity contribution in [2.24, 2.45) is 0 Å². The van der Waals surface area contributed by atoms with Gasteiger partial charge in [0.2, 0.25) is 23.0 Å². The highest BCUT2D eigenvalue weighted by molar-refractivity contribution is 7.52. The van der Waals surface area contributed by atoms with Gasteiger partial charge < -0.3 is 63.7 Å². The Morgan fingerprint density at radius 1 is 0.520 bits per heavy atom. The number of quaternary nitrogens is 1. The number of pyridine rings is 2. The third-order valence-electron chi connectivity index (χ3n) is 14.0. The van der Waals surface area contributed by atoms with Gasteiger partial charge in [0.15, 0.2) is 0 Å². The number of rotatable bonds is 19. The largest absolute Gasteiger partial charge is 1.00 e. The first kappa shape index (κ1) is 77.9. The molecule has 0 aliphatic rings. The summed E-state index contributed by atoms with van der Waals surface area (Å²) in [7, 11) is 7.84. The third-order valence-corrected chi connectivity index (χ3v) is 14.7. The first-order valence-electron chi connectivity index (χ1n) is 30.4. The number of fused-ring (bicyclic) bond motifs is 2. The number of amides is 3. The van der Waals surface area contributed by atoms with Crippen molar-refractivity contribution in [3.8, 4) is 33.9 Å². The van der Waals surface area contributed by atoms with Crippen molar-refractivity contribution < 1.29 is 53.3 Å². The lowest BCUT2D eigenvalue weighted by Gasteiger charge is -2.10. The minimum atomic E-state index is -0.750. The van der Waals surface area contributed by atoms with Crippen molar-refractivity contribution in [1.82, 2.24) is 43.9 Å². The van der Waals surface area contributed by atoms with Gasteiger partial charge in [-0.2, -0.15) is 16.8 Å². The highest BCUT2D eigenvalue weighted by Crippen LogP contribution is 2.38. The molecule has 6 aromatic carbocycles. The highest BCUT2D eigenvalue weighted by Gasteiger charge is 2.20. The first-order valence-corrected chi connectivity index (χ1v) is 32.8. The van der Waals surface area contributed by atoms with Crippen LogP contribution < -0.4 is 49.6 Å². The number of para-hydroxylation sites is 4. The molecule has 0 aliphatic heterocycles. The molecule has 24 nitrogen and oxygen atoms in total. The van der Waals surface area contributed by atoms with Gasteiger partial charge in [-0.3, -0.25) is 19.2 Å². The minimum Gasteiger partial charge on any atom is -1.00 e. The molecule has 0 saturated heterocycles. The average Bonchev–Trinajstić information content (AvgIpc) is 1.62. The molecule has 0 spiro atoms. The van der Waals surface area contributed by atoms with E-state index in [9.17, 15) is 19.2 Å². The molecule has 6 heterocycles. The van der Waals surface area contributed by atoms with Crippen LogP contribution in [-0.2, 0) is 32.7 Å². The zero-order chi connectivity index (χ0) is 72.2. The van der Waals surface area contributed by atoms with Crippen molar-refractivity contribution in [3.63, 3.8) is 0 Å². The molecule has 12 rings (SSSR count). The topological polar surface area (TPSA) is 318 Å². The maximum absolute atomic E-state index is 12.9. The molecule has 0 bridgehead atoms. The molecule has 520 valence electrons. The fourth-order valence-corrected chi connectivity index (χ4v) is 10.1. The number of carbonyl (C=O) groups excluding carboxylic acids is 4. The van der Waals surface area contributed by atoms with Gasteiger partial charge in [0.25, 0.3) is 11.8 Å². The predicted octanol–water partition coefficient (Wildman–Crippen LogP) is 9.02. The van der Waals surface area contributed by atoms with Gasteiger partial charge in [-0.25, -0.2) is 29.9 Å². The van der Waals surface area contributed by atoms with E-state index in [4.69, 9.17) is 67.3 Å². The van der Waals surface area contributed by atoms with Gasteiger partial charge in [0.1, 0.15) is 11.4 Å². The summed E-state index contributed by atoms with van der Waals surface area (Å²) in [6.07, 6.45) is 16.5. The molecular weight excluding hydrogens is 1420 g/mol. The Labute approximate surface area is 614 Å². The second kappa shape index (κ2) is 39.4. The SMILES string of the molecule is CN(C)C/C=C/C(=O)Nc1ccc(C(=O)Nc2cccc(Nc3ncc(Cl)c(-c4cn(-c5ccccc5)c5ccccc45)n3)c2)nc1.C[NH+](C)C/C=C/C(=O)Cl.Nc1ccc(C(=O)Nc2cccc(Nc3ncc(Cl)c(-c4cn(-c5ccccc5)c5ccccc45)n3)c2)nc1.O=S=O.O=S=O.[Cl-]. The number of likely N-dealkylation sites (N-methyl/N-ethyl adjacent to an activating group) is 2. The van der Waals surface area contributed by atoms with Gasteiger partial charge >= 0.3 is 23.1 Å². The standard InChI is InChI=1S/C36H31ClN8O2.C30H22ClN7O.C6H10ClNO.ClH.2O2S/c1-44(2)19-9-16-33(46)40-26-17-18-31(38-21-26)35(47)41-24-10-8-11-25(20-24)42-36-39-22-30(37)34(43-36)29-23-45(27-12-4-3-5-13-27)32-15-7-6-14-28(29)32;31-25-17-34-30(36-21-8-6-7-20(15-21)35-29(39)26-14-13-19(32)16-33-26)37-28(25)24-18-38(22-9-2-1-3-10-22)27-12-5-4-11-23(24)27;1-8(2)5-3-4-6(7)9;;2*1-3-2/h3-18,20-23H,19H2,1-2H3,(H,40,46)(H,41,47)(H,39,42,43);1-18H,32H2,(H,35,39)(H,34,36,37);3-4H,5H2,1-2H3;1H;;/b16-9+;;4-3+;;;. The monoisotopic (exact) mass is 1480 g/mol. The number of hydrogen-bond donors (Lipinski definition) is 7.